The second-order valence-corrected chi connectivity index (χ2v) is 8.31. The number of nitrogens with zero attached hydrogens (tertiary/aromatic N) is 4. The van der Waals surface area contributed by atoms with E-state index in [2.05, 4.69) is 15.5 Å². The van der Waals surface area contributed by atoms with Gasteiger partial charge < -0.3 is 10.2 Å². The van der Waals surface area contributed by atoms with E-state index in [0.29, 0.717) is 28.7 Å². The van der Waals surface area contributed by atoms with E-state index in [1.807, 2.05) is 31.2 Å². The van der Waals surface area contributed by atoms with Gasteiger partial charge in [-0.1, -0.05) is 41.7 Å². The van der Waals surface area contributed by atoms with Gasteiger partial charge in [-0.3, -0.25) is 19.7 Å². The number of benzene rings is 2. The molecule has 1 saturated heterocycles. The summed E-state index contributed by atoms with van der Waals surface area (Å²) in [6.45, 7) is 2.48. The number of carbonyl (C=O) groups excluding carboxylic acids is 2. The van der Waals surface area contributed by atoms with Gasteiger partial charge in [-0.2, -0.15) is 0 Å². The predicted molar refractivity (Wildman–Crippen MR) is 116 cm³/mol. The van der Waals surface area contributed by atoms with Gasteiger partial charge in [-0.25, -0.2) is 0 Å². The highest BCUT2D eigenvalue weighted by atomic mass is 32.1. The van der Waals surface area contributed by atoms with E-state index in [1.165, 1.54) is 17.4 Å². The minimum absolute atomic E-state index is 0.0211. The van der Waals surface area contributed by atoms with Crippen molar-refractivity contribution in [3.63, 3.8) is 0 Å². The minimum Gasteiger partial charge on any atom is -0.312 e. The number of nitro benzene ring substituents is 1. The first kappa shape index (κ1) is 20.6. The van der Waals surface area contributed by atoms with Crippen LogP contribution >= 0.6 is 11.3 Å². The van der Waals surface area contributed by atoms with Crippen LogP contribution in [0.5, 0.6) is 0 Å². The molecule has 0 saturated carbocycles. The average molecular weight is 437 g/mol. The zero-order valence-corrected chi connectivity index (χ0v) is 17.5. The summed E-state index contributed by atoms with van der Waals surface area (Å²) < 4.78 is 0. The Kier molecular flexibility index (Phi) is 5.72. The lowest BCUT2D eigenvalue weighted by atomic mass is 10.1. The number of nitro groups is 1. The van der Waals surface area contributed by atoms with Crippen LogP contribution in [0.3, 0.4) is 0 Å². The third kappa shape index (κ3) is 4.58. The second-order valence-electron chi connectivity index (χ2n) is 7.30. The van der Waals surface area contributed by atoms with Crippen LogP contribution in [0, 0.1) is 17.0 Å². The smallest absolute Gasteiger partial charge is 0.273 e. The number of aryl methyl sites for hydroxylation is 1. The monoisotopic (exact) mass is 437 g/mol. The number of nitrogens with one attached hydrogen (secondary N) is 1. The third-order valence-corrected chi connectivity index (χ3v) is 6.02. The standard InChI is InChI=1S/C21H19N5O4S/c1-13-5-4-7-16(9-13)25-12-15(11-19(25)28)20-23-24-21(31-20)22-18(27)10-14-6-2-3-8-17(14)26(29)30/h2-9,15H,10-12H2,1H3,(H,22,24,27). The Balaban J connectivity index is 1.41. The average Bonchev–Trinajstić information content (AvgIpc) is 3.34. The quantitative estimate of drug-likeness (QED) is 0.466. The van der Waals surface area contributed by atoms with E-state index in [-0.39, 0.29) is 23.9 Å². The van der Waals surface area contributed by atoms with Crippen molar-refractivity contribution in [3.05, 3.63) is 74.8 Å². The molecule has 0 aliphatic carbocycles. The van der Waals surface area contributed by atoms with E-state index in [1.54, 1.807) is 23.1 Å². The lowest BCUT2D eigenvalue weighted by Crippen LogP contribution is -2.24. The first-order valence-electron chi connectivity index (χ1n) is 9.63. The maximum Gasteiger partial charge on any atom is 0.273 e. The van der Waals surface area contributed by atoms with Crippen molar-refractivity contribution in [2.75, 3.05) is 16.8 Å². The van der Waals surface area contributed by atoms with Crippen molar-refractivity contribution >= 4 is 39.7 Å². The molecule has 2 amide bonds. The lowest BCUT2D eigenvalue weighted by Gasteiger charge is -2.16. The fourth-order valence-corrected chi connectivity index (χ4v) is 4.39. The molecule has 1 atom stereocenters. The third-order valence-electron chi connectivity index (χ3n) is 5.01. The number of carbonyl (C=O) groups is 2. The first-order chi connectivity index (χ1) is 14.9. The predicted octanol–water partition coefficient (Wildman–Crippen LogP) is 3.46. The number of hydrogen-bond acceptors (Lipinski definition) is 7. The van der Waals surface area contributed by atoms with Crippen molar-refractivity contribution < 1.29 is 14.5 Å². The highest BCUT2D eigenvalue weighted by Gasteiger charge is 2.34. The SMILES string of the molecule is Cc1cccc(N2CC(c3nnc(NC(=O)Cc4ccccc4[N+](=O)[O-])s3)CC2=O)c1. The van der Waals surface area contributed by atoms with Crippen molar-refractivity contribution in [1.29, 1.82) is 0 Å². The molecule has 0 bridgehead atoms. The maximum absolute atomic E-state index is 12.5. The van der Waals surface area contributed by atoms with Gasteiger partial charge in [-0.15, -0.1) is 10.2 Å². The van der Waals surface area contributed by atoms with Crippen LogP contribution in [0.4, 0.5) is 16.5 Å². The van der Waals surface area contributed by atoms with Crippen LogP contribution in [0.1, 0.15) is 28.5 Å². The van der Waals surface area contributed by atoms with Crippen LogP contribution < -0.4 is 10.2 Å². The van der Waals surface area contributed by atoms with Crippen LogP contribution in [0.15, 0.2) is 48.5 Å². The number of anilines is 2. The molecule has 3 aromatic rings. The highest BCUT2D eigenvalue weighted by molar-refractivity contribution is 7.15. The number of hydrogen-bond donors (Lipinski definition) is 1. The first-order valence-corrected chi connectivity index (χ1v) is 10.4. The molecule has 4 rings (SSSR count). The van der Waals surface area contributed by atoms with Gasteiger partial charge in [0.1, 0.15) is 5.01 Å². The zero-order valence-electron chi connectivity index (χ0n) is 16.6. The molecule has 2 aromatic carbocycles. The molecule has 0 spiro atoms. The molecule has 1 aliphatic heterocycles. The minimum atomic E-state index is -0.511. The van der Waals surface area contributed by atoms with Gasteiger partial charge in [0.05, 0.1) is 11.3 Å². The Morgan fingerprint density at radius 3 is 2.84 bits per heavy atom. The Labute approximate surface area is 181 Å². The Bertz CT molecular complexity index is 1160. The van der Waals surface area contributed by atoms with Crippen molar-refractivity contribution in [3.8, 4) is 0 Å². The molecule has 1 aromatic heterocycles. The molecule has 31 heavy (non-hydrogen) atoms. The van der Waals surface area contributed by atoms with E-state index in [4.69, 9.17) is 0 Å². The van der Waals surface area contributed by atoms with Crippen molar-refractivity contribution in [2.45, 2.75) is 25.7 Å². The van der Waals surface area contributed by atoms with Crippen LogP contribution in [-0.4, -0.2) is 33.5 Å². The summed E-state index contributed by atoms with van der Waals surface area (Å²) >= 11 is 1.22. The van der Waals surface area contributed by atoms with Crippen molar-refractivity contribution in [2.24, 2.45) is 0 Å². The largest absolute Gasteiger partial charge is 0.312 e. The van der Waals surface area contributed by atoms with E-state index < -0.39 is 10.8 Å². The molecule has 9 nitrogen and oxygen atoms in total. The van der Waals surface area contributed by atoms with Crippen LogP contribution in [0.25, 0.3) is 0 Å². The summed E-state index contributed by atoms with van der Waals surface area (Å²) in [5.74, 6) is -0.500. The fourth-order valence-electron chi connectivity index (χ4n) is 3.54. The van der Waals surface area contributed by atoms with E-state index in [0.717, 1.165) is 11.3 Å². The molecule has 158 valence electrons. The Hall–Kier alpha value is -3.66. The van der Waals surface area contributed by atoms with E-state index >= 15 is 0 Å². The molecule has 0 radical (unpaired) electrons. The van der Waals surface area contributed by atoms with Crippen LogP contribution in [0.2, 0.25) is 0 Å². The number of rotatable bonds is 6. The molecule has 2 heterocycles. The fraction of sp³-hybridized carbons (Fsp3) is 0.238. The van der Waals surface area contributed by atoms with Crippen molar-refractivity contribution in [1.82, 2.24) is 10.2 Å². The summed E-state index contributed by atoms with van der Waals surface area (Å²) in [5, 5.41) is 22.9. The van der Waals surface area contributed by atoms with Crippen LogP contribution in [-0.2, 0) is 16.0 Å². The number of para-hydroxylation sites is 1. The Morgan fingerprint density at radius 1 is 1.26 bits per heavy atom. The van der Waals surface area contributed by atoms with Gasteiger partial charge in [0.2, 0.25) is 16.9 Å². The Morgan fingerprint density at radius 2 is 2.06 bits per heavy atom. The molecular weight excluding hydrogens is 418 g/mol. The summed E-state index contributed by atoms with van der Waals surface area (Å²) in [5.41, 5.74) is 2.16. The summed E-state index contributed by atoms with van der Waals surface area (Å²) in [6, 6.07) is 13.9. The normalized spacial score (nSPS) is 15.8. The number of amides is 2. The summed E-state index contributed by atoms with van der Waals surface area (Å²) in [4.78, 5) is 37.2. The topological polar surface area (TPSA) is 118 Å². The molecule has 1 N–H and O–H groups in total. The molecular formula is C21H19N5O4S. The summed E-state index contributed by atoms with van der Waals surface area (Å²) in [6.07, 6.45) is 0.182. The zero-order chi connectivity index (χ0) is 22.0. The lowest BCUT2D eigenvalue weighted by molar-refractivity contribution is -0.385. The maximum atomic E-state index is 12.5. The molecule has 10 heteroatoms. The van der Waals surface area contributed by atoms with Gasteiger partial charge in [-0.05, 0) is 24.6 Å². The molecule has 1 unspecified atom stereocenters. The molecule has 1 aliphatic rings. The van der Waals surface area contributed by atoms with E-state index in [9.17, 15) is 19.7 Å². The summed E-state index contributed by atoms with van der Waals surface area (Å²) in [7, 11) is 0. The second kappa shape index (κ2) is 8.60. The van der Waals surface area contributed by atoms with Gasteiger partial charge in [0.15, 0.2) is 0 Å². The van der Waals surface area contributed by atoms with Gasteiger partial charge in [0.25, 0.3) is 5.69 Å². The van der Waals surface area contributed by atoms with Gasteiger partial charge >= 0.3 is 0 Å². The number of aromatic nitrogens is 2. The molecule has 1 fully saturated rings. The van der Waals surface area contributed by atoms with Gasteiger partial charge in [0, 0.05) is 36.2 Å². The highest BCUT2D eigenvalue weighted by Crippen LogP contribution is 2.34.